The first-order chi connectivity index (χ1) is 8.00. The van der Waals surface area contributed by atoms with Gasteiger partial charge in [-0.2, -0.15) is 0 Å². The van der Waals surface area contributed by atoms with Gasteiger partial charge >= 0.3 is 0 Å². The first-order valence-corrected chi connectivity index (χ1v) is 5.65. The number of nitrogens with two attached hydrogens (primary N) is 1. The number of hydrogen-bond donors (Lipinski definition) is 1. The Bertz CT molecular complexity index is 517. The van der Waals surface area contributed by atoms with Crippen molar-refractivity contribution in [2.75, 3.05) is 11.5 Å². The van der Waals surface area contributed by atoms with Crippen LogP contribution in [-0.4, -0.2) is 15.8 Å². The van der Waals surface area contributed by atoms with Gasteiger partial charge in [0.25, 0.3) is 5.69 Å². The van der Waals surface area contributed by atoms with Gasteiger partial charge in [0.05, 0.1) is 10.7 Å². The molecule has 0 saturated carbocycles. The normalized spacial score (nSPS) is 9.24. The van der Waals surface area contributed by atoms with Gasteiger partial charge in [-0.1, -0.05) is 23.6 Å². The summed E-state index contributed by atoms with van der Waals surface area (Å²) >= 11 is 1.09. The Kier molecular flexibility index (Phi) is 4.55. The minimum absolute atomic E-state index is 0.0115. The Morgan fingerprint density at radius 3 is 2.88 bits per heavy atom. The molecule has 0 aliphatic heterocycles. The molecule has 1 aromatic carbocycles. The summed E-state index contributed by atoms with van der Waals surface area (Å²) in [6, 6.07) is 4.37. The highest BCUT2D eigenvalue weighted by Crippen LogP contribution is 2.21. The average Bonchev–Trinajstić information content (AvgIpc) is 2.25. The van der Waals surface area contributed by atoms with E-state index in [0.29, 0.717) is 11.3 Å². The number of hydrogen-bond acceptors (Lipinski definition) is 5. The maximum absolute atomic E-state index is 10.6. The standard InChI is InChI=1S/C11H10N2O3S/c1-8(14)17-6-2-3-9-4-5-10(12)11(7-9)13(15)16/h4-5,7H,6,12H2,1H3. The van der Waals surface area contributed by atoms with Gasteiger partial charge in [-0.3, -0.25) is 14.9 Å². The van der Waals surface area contributed by atoms with E-state index in [4.69, 9.17) is 5.73 Å². The molecule has 1 rings (SSSR count). The van der Waals surface area contributed by atoms with Gasteiger partial charge in [0.2, 0.25) is 0 Å². The van der Waals surface area contributed by atoms with E-state index < -0.39 is 4.92 Å². The van der Waals surface area contributed by atoms with Crippen molar-refractivity contribution in [2.45, 2.75) is 6.92 Å². The molecule has 0 aliphatic rings. The molecule has 0 fully saturated rings. The number of anilines is 1. The molecule has 0 aliphatic carbocycles. The summed E-state index contributed by atoms with van der Waals surface area (Å²) in [4.78, 5) is 20.7. The molecule has 0 radical (unpaired) electrons. The van der Waals surface area contributed by atoms with Crippen LogP contribution in [0.25, 0.3) is 0 Å². The van der Waals surface area contributed by atoms with Crippen LogP contribution >= 0.6 is 11.8 Å². The highest BCUT2D eigenvalue weighted by atomic mass is 32.2. The molecule has 5 nitrogen and oxygen atoms in total. The van der Waals surface area contributed by atoms with Crippen molar-refractivity contribution in [2.24, 2.45) is 0 Å². The zero-order valence-electron chi connectivity index (χ0n) is 9.10. The van der Waals surface area contributed by atoms with E-state index in [1.54, 1.807) is 6.07 Å². The molecule has 0 aromatic heterocycles. The van der Waals surface area contributed by atoms with Crippen LogP contribution in [0.5, 0.6) is 0 Å². The van der Waals surface area contributed by atoms with Crippen LogP contribution in [0.2, 0.25) is 0 Å². The molecule has 0 amide bonds. The van der Waals surface area contributed by atoms with E-state index >= 15 is 0 Å². The fourth-order valence-corrected chi connectivity index (χ4v) is 1.40. The number of carbonyl (C=O) groups is 1. The second-order valence-electron chi connectivity index (χ2n) is 3.11. The molecule has 88 valence electrons. The summed E-state index contributed by atoms with van der Waals surface area (Å²) in [6.45, 7) is 1.46. The third-order valence-corrected chi connectivity index (χ3v) is 2.50. The molecular formula is C11H10N2O3S. The molecule has 0 spiro atoms. The fourth-order valence-electron chi connectivity index (χ4n) is 1.06. The molecule has 2 N–H and O–H groups in total. The van der Waals surface area contributed by atoms with Gasteiger partial charge in [0, 0.05) is 18.6 Å². The summed E-state index contributed by atoms with van der Waals surface area (Å²) < 4.78 is 0. The molecule has 0 atom stereocenters. The smallest absolute Gasteiger partial charge is 0.293 e. The molecule has 0 unspecified atom stereocenters. The van der Waals surface area contributed by atoms with Gasteiger partial charge in [-0.15, -0.1) is 0 Å². The van der Waals surface area contributed by atoms with E-state index in [-0.39, 0.29) is 16.5 Å². The lowest BCUT2D eigenvalue weighted by atomic mass is 10.2. The molecule has 17 heavy (non-hydrogen) atoms. The number of thioether (sulfide) groups is 1. The van der Waals surface area contributed by atoms with Gasteiger partial charge in [-0.05, 0) is 12.1 Å². The maximum atomic E-state index is 10.6. The van der Waals surface area contributed by atoms with E-state index in [1.807, 2.05) is 0 Å². The number of nitro groups is 1. The largest absolute Gasteiger partial charge is 0.393 e. The Morgan fingerprint density at radius 1 is 1.59 bits per heavy atom. The second kappa shape index (κ2) is 5.92. The van der Waals surface area contributed by atoms with Crippen LogP contribution in [0.1, 0.15) is 12.5 Å². The minimum Gasteiger partial charge on any atom is -0.393 e. The average molecular weight is 250 g/mol. The lowest BCUT2D eigenvalue weighted by Crippen LogP contribution is -1.95. The van der Waals surface area contributed by atoms with E-state index in [1.165, 1.54) is 19.1 Å². The van der Waals surface area contributed by atoms with Crippen LogP contribution in [-0.2, 0) is 4.79 Å². The van der Waals surface area contributed by atoms with Gasteiger partial charge in [0.15, 0.2) is 5.12 Å². The molecule has 0 saturated heterocycles. The Morgan fingerprint density at radius 2 is 2.29 bits per heavy atom. The zero-order valence-corrected chi connectivity index (χ0v) is 9.91. The Balaban J connectivity index is 2.82. The molecular weight excluding hydrogens is 240 g/mol. The summed E-state index contributed by atoms with van der Waals surface area (Å²) in [5, 5.41) is 10.6. The van der Waals surface area contributed by atoms with Crippen molar-refractivity contribution in [1.29, 1.82) is 0 Å². The fraction of sp³-hybridized carbons (Fsp3) is 0.182. The SMILES string of the molecule is CC(=O)SCC#Cc1ccc(N)c([N+](=O)[O-])c1. The van der Waals surface area contributed by atoms with E-state index in [0.717, 1.165) is 11.8 Å². The predicted octanol–water partition coefficient (Wildman–Crippen LogP) is 1.81. The van der Waals surface area contributed by atoms with Gasteiger partial charge in [-0.25, -0.2) is 0 Å². The quantitative estimate of drug-likeness (QED) is 0.374. The van der Waals surface area contributed by atoms with Crippen molar-refractivity contribution < 1.29 is 9.72 Å². The van der Waals surface area contributed by atoms with Crippen LogP contribution in [0.3, 0.4) is 0 Å². The Labute approximate surface area is 103 Å². The number of benzene rings is 1. The lowest BCUT2D eigenvalue weighted by Gasteiger charge is -1.96. The van der Waals surface area contributed by atoms with Crippen molar-refractivity contribution in [3.63, 3.8) is 0 Å². The number of nitrogen functional groups attached to an aromatic ring is 1. The number of carbonyl (C=O) groups excluding carboxylic acids is 1. The minimum atomic E-state index is -0.551. The maximum Gasteiger partial charge on any atom is 0.293 e. The molecule has 6 heteroatoms. The topological polar surface area (TPSA) is 86.2 Å². The molecule has 1 aromatic rings. The van der Waals surface area contributed by atoms with Gasteiger partial charge < -0.3 is 5.73 Å². The summed E-state index contributed by atoms with van der Waals surface area (Å²) in [7, 11) is 0. The van der Waals surface area contributed by atoms with Crippen LogP contribution in [0.4, 0.5) is 11.4 Å². The number of nitro benzene ring substituents is 1. The van der Waals surface area contributed by atoms with Crippen molar-refractivity contribution in [3.8, 4) is 11.8 Å². The Hall–Kier alpha value is -2.00. The van der Waals surface area contributed by atoms with Crippen LogP contribution < -0.4 is 5.73 Å². The van der Waals surface area contributed by atoms with Crippen molar-refractivity contribution >= 4 is 28.3 Å². The third kappa shape index (κ3) is 4.17. The lowest BCUT2D eigenvalue weighted by molar-refractivity contribution is -0.383. The van der Waals surface area contributed by atoms with E-state index in [9.17, 15) is 14.9 Å². The summed E-state index contributed by atoms with van der Waals surface area (Å²) in [5.74, 6) is 5.86. The van der Waals surface area contributed by atoms with E-state index in [2.05, 4.69) is 11.8 Å². The first kappa shape index (κ1) is 13.1. The predicted molar refractivity (Wildman–Crippen MR) is 67.5 cm³/mol. The monoisotopic (exact) mass is 250 g/mol. The second-order valence-corrected chi connectivity index (χ2v) is 4.27. The van der Waals surface area contributed by atoms with Gasteiger partial charge in [0.1, 0.15) is 5.69 Å². The summed E-state index contributed by atoms with van der Waals surface area (Å²) in [5.41, 5.74) is 5.91. The highest BCUT2D eigenvalue weighted by molar-refractivity contribution is 8.13. The summed E-state index contributed by atoms with van der Waals surface area (Å²) in [6.07, 6.45) is 0. The van der Waals surface area contributed by atoms with Crippen molar-refractivity contribution in [1.82, 2.24) is 0 Å². The van der Waals surface area contributed by atoms with Crippen LogP contribution in [0.15, 0.2) is 18.2 Å². The number of nitrogens with zero attached hydrogens (tertiary/aromatic N) is 1. The molecule has 0 bridgehead atoms. The highest BCUT2D eigenvalue weighted by Gasteiger charge is 2.10. The van der Waals surface area contributed by atoms with Crippen molar-refractivity contribution in [3.05, 3.63) is 33.9 Å². The van der Waals surface area contributed by atoms with Crippen LogP contribution in [0, 0.1) is 22.0 Å². The zero-order chi connectivity index (χ0) is 12.8. The first-order valence-electron chi connectivity index (χ1n) is 4.67. The number of rotatable bonds is 2. The molecule has 0 heterocycles. The third-order valence-electron chi connectivity index (χ3n) is 1.81.